The molecule has 1 nitrogen and oxygen atoms in total. The van der Waals surface area contributed by atoms with Crippen LogP contribution in [0.2, 0.25) is 0 Å². The molecule has 1 saturated carbocycles. The Kier molecular flexibility index (Phi) is 4.90. The van der Waals surface area contributed by atoms with Crippen LogP contribution >= 0.6 is 15.9 Å². The Morgan fingerprint density at radius 2 is 1.88 bits per heavy atom. The molecule has 0 heterocycles. The topological polar surface area (TPSA) is 12.0 Å². The second-order valence-corrected chi connectivity index (χ2v) is 6.11. The summed E-state index contributed by atoms with van der Waals surface area (Å²) in [5.41, 5.74) is 2.62. The van der Waals surface area contributed by atoms with Crippen LogP contribution in [0.5, 0.6) is 0 Å². The van der Waals surface area contributed by atoms with Gasteiger partial charge in [0.15, 0.2) is 0 Å². The van der Waals surface area contributed by atoms with E-state index < -0.39 is 0 Å². The second-order valence-electron chi connectivity index (χ2n) is 5.20. The number of benzene rings is 1. The molecule has 17 heavy (non-hydrogen) atoms. The van der Waals surface area contributed by atoms with E-state index >= 15 is 0 Å². The van der Waals surface area contributed by atoms with E-state index in [2.05, 4.69) is 46.4 Å². The van der Waals surface area contributed by atoms with Gasteiger partial charge < -0.3 is 5.32 Å². The van der Waals surface area contributed by atoms with Crippen molar-refractivity contribution in [3.8, 4) is 0 Å². The minimum Gasteiger partial charge on any atom is -0.385 e. The predicted molar refractivity (Wildman–Crippen MR) is 78.6 cm³/mol. The van der Waals surface area contributed by atoms with Crippen LogP contribution in [-0.4, -0.2) is 6.54 Å². The number of halogens is 1. The fraction of sp³-hybridized carbons (Fsp3) is 0.600. The zero-order valence-electron chi connectivity index (χ0n) is 10.6. The summed E-state index contributed by atoms with van der Waals surface area (Å²) in [5, 5.41) is 3.62. The molecule has 0 saturated heterocycles. The van der Waals surface area contributed by atoms with Crippen molar-refractivity contribution in [3.05, 3.63) is 28.2 Å². The standard InChI is InChI=1S/C15H22BrN/c1-12-8-9-14(16)10-15(12)17-11-13-6-4-2-3-5-7-13/h8-10,13,17H,2-7,11H2,1H3. The number of rotatable bonds is 3. The van der Waals surface area contributed by atoms with E-state index in [-0.39, 0.29) is 0 Å². The molecule has 1 fully saturated rings. The molecule has 1 aromatic rings. The smallest absolute Gasteiger partial charge is 0.0381 e. The third kappa shape index (κ3) is 4.02. The van der Waals surface area contributed by atoms with Crippen LogP contribution in [0.15, 0.2) is 22.7 Å². The third-order valence-electron chi connectivity index (χ3n) is 3.76. The largest absolute Gasteiger partial charge is 0.385 e. The van der Waals surface area contributed by atoms with Crippen LogP contribution < -0.4 is 5.32 Å². The van der Waals surface area contributed by atoms with Gasteiger partial charge in [0.2, 0.25) is 0 Å². The van der Waals surface area contributed by atoms with Gasteiger partial charge in [0, 0.05) is 16.7 Å². The molecular weight excluding hydrogens is 274 g/mol. The Balaban J connectivity index is 1.89. The summed E-state index contributed by atoms with van der Waals surface area (Å²) in [6.07, 6.45) is 8.52. The van der Waals surface area contributed by atoms with Crippen LogP contribution in [0.3, 0.4) is 0 Å². The summed E-state index contributed by atoms with van der Waals surface area (Å²) >= 11 is 3.53. The van der Waals surface area contributed by atoms with Crippen molar-refractivity contribution >= 4 is 21.6 Å². The van der Waals surface area contributed by atoms with Crippen molar-refractivity contribution < 1.29 is 0 Å². The first kappa shape index (κ1) is 12.9. The molecule has 2 rings (SSSR count). The van der Waals surface area contributed by atoms with Crippen LogP contribution in [-0.2, 0) is 0 Å². The second kappa shape index (κ2) is 6.44. The summed E-state index contributed by atoms with van der Waals surface area (Å²) in [6.45, 7) is 3.30. The average molecular weight is 296 g/mol. The highest BCUT2D eigenvalue weighted by Gasteiger charge is 2.12. The van der Waals surface area contributed by atoms with Crippen LogP contribution in [0.1, 0.15) is 44.1 Å². The Hall–Kier alpha value is -0.500. The summed E-state index contributed by atoms with van der Waals surface area (Å²) in [6, 6.07) is 6.46. The molecule has 94 valence electrons. The molecular formula is C15H22BrN. The molecule has 0 atom stereocenters. The van der Waals surface area contributed by atoms with E-state index in [0.717, 1.165) is 16.9 Å². The number of anilines is 1. The zero-order valence-corrected chi connectivity index (χ0v) is 12.2. The Morgan fingerprint density at radius 3 is 2.59 bits per heavy atom. The molecule has 0 amide bonds. The van der Waals surface area contributed by atoms with E-state index in [1.165, 1.54) is 49.8 Å². The maximum Gasteiger partial charge on any atom is 0.0381 e. The van der Waals surface area contributed by atoms with Gasteiger partial charge in [0.1, 0.15) is 0 Å². The predicted octanol–water partition coefficient (Wildman–Crippen LogP) is 5.14. The SMILES string of the molecule is Cc1ccc(Br)cc1NCC1CCCCCC1. The van der Waals surface area contributed by atoms with Crippen LogP contribution in [0, 0.1) is 12.8 Å². The molecule has 1 aromatic carbocycles. The number of hydrogen-bond donors (Lipinski definition) is 1. The molecule has 0 unspecified atom stereocenters. The summed E-state index contributed by atoms with van der Waals surface area (Å²) < 4.78 is 1.16. The fourth-order valence-corrected chi connectivity index (χ4v) is 2.97. The summed E-state index contributed by atoms with van der Waals surface area (Å²) in [7, 11) is 0. The third-order valence-corrected chi connectivity index (χ3v) is 4.25. The molecule has 0 bridgehead atoms. The summed E-state index contributed by atoms with van der Waals surface area (Å²) in [4.78, 5) is 0. The highest BCUT2D eigenvalue weighted by Crippen LogP contribution is 2.25. The Bertz CT molecular complexity index is 354. The van der Waals surface area contributed by atoms with E-state index in [0.29, 0.717) is 0 Å². The molecule has 0 aliphatic heterocycles. The minimum absolute atomic E-state index is 0.871. The molecule has 1 N–H and O–H groups in total. The van der Waals surface area contributed by atoms with Crippen molar-refractivity contribution in [3.63, 3.8) is 0 Å². The lowest BCUT2D eigenvalue weighted by atomic mass is 10.0. The summed E-state index contributed by atoms with van der Waals surface area (Å²) in [5.74, 6) is 0.871. The fourth-order valence-electron chi connectivity index (χ4n) is 2.61. The minimum atomic E-state index is 0.871. The highest BCUT2D eigenvalue weighted by atomic mass is 79.9. The molecule has 1 aliphatic rings. The van der Waals surface area contributed by atoms with Gasteiger partial charge in [0.05, 0.1) is 0 Å². The number of nitrogens with one attached hydrogen (secondary N) is 1. The Labute approximate surface area is 113 Å². The zero-order chi connectivity index (χ0) is 12.1. The first-order valence-corrected chi connectivity index (χ1v) is 7.55. The van der Waals surface area contributed by atoms with E-state index in [4.69, 9.17) is 0 Å². The van der Waals surface area contributed by atoms with Crippen molar-refractivity contribution in [1.82, 2.24) is 0 Å². The van der Waals surface area contributed by atoms with Gasteiger partial charge in [-0.2, -0.15) is 0 Å². The lowest BCUT2D eigenvalue weighted by molar-refractivity contribution is 0.483. The van der Waals surface area contributed by atoms with Gasteiger partial charge in [-0.3, -0.25) is 0 Å². The number of hydrogen-bond acceptors (Lipinski definition) is 1. The van der Waals surface area contributed by atoms with Crippen molar-refractivity contribution in [2.75, 3.05) is 11.9 Å². The lowest BCUT2D eigenvalue weighted by Gasteiger charge is -2.17. The van der Waals surface area contributed by atoms with Crippen molar-refractivity contribution in [1.29, 1.82) is 0 Å². The van der Waals surface area contributed by atoms with Crippen molar-refractivity contribution in [2.45, 2.75) is 45.4 Å². The molecule has 1 aliphatic carbocycles. The molecule has 0 aromatic heterocycles. The molecule has 2 heteroatoms. The van der Waals surface area contributed by atoms with Gasteiger partial charge in [-0.05, 0) is 43.4 Å². The van der Waals surface area contributed by atoms with E-state index in [1.54, 1.807) is 0 Å². The van der Waals surface area contributed by atoms with Gasteiger partial charge in [-0.25, -0.2) is 0 Å². The average Bonchev–Trinajstić information content (AvgIpc) is 2.59. The van der Waals surface area contributed by atoms with Gasteiger partial charge in [-0.15, -0.1) is 0 Å². The highest BCUT2D eigenvalue weighted by molar-refractivity contribution is 9.10. The first-order valence-electron chi connectivity index (χ1n) is 6.76. The van der Waals surface area contributed by atoms with Crippen LogP contribution in [0.4, 0.5) is 5.69 Å². The monoisotopic (exact) mass is 295 g/mol. The van der Waals surface area contributed by atoms with Crippen molar-refractivity contribution in [2.24, 2.45) is 5.92 Å². The maximum atomic E-state index is 3.62. The molecule has 0 spiro atoms. The lowest BCUT2D eigenvalue weighted by Crippen LogP contribution is -2.14. The van der Waals surface area contributed by atoms with Crippen LogP contribution in [0.25, 0.3) is 0 Å². The van der Waals surface area contributed by atoms with E-state index in [1.807, 2.05) is 0 Å². The van der Waals surface area contributed by atoms with Gasteiger partial charge >= 0.3 is 0 Å². The van der Waals surface area contributed by atoms with E-state index in [9.17, 15) is 0 Å². The Morgan fingerprint density at radius 1 is 1.18 bits per heavy atom. The molecule has 0 radical (unpaired) electrons. The quantitative estimate of drug-likeness (QED) is 0.761. The van der Waals surface area contributed by atoms with Gasteiger partial charge in [-0.1, -0.05) is 47.7 Å². The number of aryl methyl sites for hydroxylation is 1. The maximum absolute atomic E-state index is 3.62. The normalized spacial score (nSPS) is 17.8. The first-order chi connectivity index (χ1) is 8.25. The van der Waals surface area contributed by atoms with Gasteiger partial charge in [0.25, 0.3) is 0 Å².